The van der Waals surface area contributed by atoms with Crippen molar-refractivity contribution in [2.75, 3.05) is 7.05 Å². The van der Waals surface area contributed by atoms with Crippen molar-refractivity contribution in [1.82, 2.24) is 20.1 Å². The number of rotatable bonds is 4. The molecule has 3 saturated carbocycles. The molecule has 5 atom stereocenters. The van der Waals surface area contributed by atoms with Gasteiger partial charge >= 0.3 is 0 Å². The van der Waals surface area contributed by atoms with Crippen molar-refractivity contribution in [2.45, 2.75) is 31.7 Å². The molecule has 2 bridgehead atoms. The molecule has 0 aliphatic heterocycles. The second-order valence-electron chi connectivity index (χ2n) is 6.46. The van der Waals surface area contributed by atoms with Crippen molar-refractivity contribution in [3.05, 3.63) is 12.2 Å². The van der Waals surface area contributed by atoms with E-state index in [-0.39, 0.29) is 0 Å². The van der Waals surface area contributed by atoms with Gasteiger partial charge in [-0.2, -0.15) is 5.10 Å². The van der Waals surface area contributed by atoms with Crippen LogP contribution in [0.1, 0.15) is 25.1 Å². The first-order valence-corrected chi connectivity index (χ1v) is 7.29. The van der Waals surface area contributed by atoms with E-state index in [1.54, 1.807) is 6.33 Å². The van der Waals surface area contributed by atoms with Crippen LogP contribution in [-0.4, -0.2) is 27.9 Å². The Balaban J connectivity index is 1.49. The molecule has 5 unspecified atom stereocenters. The van der Waals surface area contributed by atoms with Gasteiger partial charge in [0.25, 0.3) is 0 Å². The lowest BCUT2D eigenvalue weighted by Crippen LogP contribution is -2.33. The zero-order valence-electron chi connectivity index (χ0n) is 11.2. The minimum Gasteiger partial charge on any atom is -0.316 e. The Morgan fingerprint density at radius 2 is 2.11 bits per heavy atom. The summed E-state index contributed by atoms with van der Waals surface area (Å²) in [6.07, 6.45) is 7.24. The molecule has 1 heterocycles. The van der Waals surface area contributed by atoms with Gasteiger partial charge in [-0.25, -0.2) is 4.98 Å². The topological polar surface area (TPSA) is 42.7 Å². The van der Waals surface area contributed by atoms with Crippen molar-refractivity contribution in [1.29, 1.82) is 0 Å². The number of hydrogen-bond donors (Lipinski definition) is 1. The van der Waals surface area contributed by atoms with Gasteiger partial charge in [0.1, 0.15) is 12.2 Å². The Kier molecular flexibility index (Phi) is 2.31. The molecule has 0 aromatic carbocycles. The van der Waals surface area contributed by atoms with Crippen molar-refractivity contribution >= 4 is 0 Å². The van der Waals surface area contributed by atoms with E-state index in [2.05, 4.69) is 22.4 Å². The largest absolute Gasteiger partial charge is 0.316 e. The fraction of sp³-hybridized carbons (Fsp3) is 0.857. The highest BCUT2D eigenvalue weighted by molar-refractivity contribution is 5.16. The maximum absolute atomic E-state index is 4.37. The SMILES string of the molecule is CNC(Cc1ncnn1C)C1C2C3CCC(C3)C21. The van der Waals surface area contributed by atoms with Crippen LogP contribution >= 0.6 is 0 Å². The second kappa shape index (κ2) is 3.80. The summed E-state index contributed by atoms with van der Waals surface area (Å²) in [7, 11) is 4.10. The average molecular weight is 246 g/mol. The van der Waals surface area contributed by atoms with E-state index in [0.717, 1.165) is 41.8 Å². The third-order valence-electron chi connectivity index (χ3n) is 5.84. The highest BCUT2D eigenvalue weighted by Gasteiger charge is 2.66. The molecule has 3 aliphatic carbocycles. The van der Waals surface area contributed by atoms with Crippen LogP contribution in [0.3, 0.4) is 0 Å². The average Bonchev–Trinajstić information content (AvgIpc) is 2.72. The molecule has 3 aliphatic rings. The van der Waals surface area contributed by atoms with E-state index < -0.39 is 0 Å². The lowest BCUT2D eigenvalue weighted by molar-refractivity contribution is 0.370. The first-order valence-electron chi connectivity index (χ1n) is 7.29. The van der Waals surface area contributed by atoms with Crippen molar-refractivity contribution in [3.63, 3.8) is 0 Å². The highest BCUT2D eigenvalue weighted by Crippen LogP contribution is 2.70. The Morgan fingerprint density at radius 1 is 1.39 bits per heavy atom. The summed E-state index contributed by atoms with van der Waals surface area (Å²) in [5.74, 6) is 6.22. The predicted molar refractivity (Wildman–Crippen MR) is 68.9 cm³/mol. The van der Waals surface area contributed by atoms with E-state index in [9.17, 15) is 0 Å². The normalized spacial score (nSPS) is 42.0. The molecule has 1 N–H and O–H groups in total. The second-order valence-corrected chi connectivity index (χ2v) is 6.46. The van der Waals surface area contributed by atoms with Crippen LogP contribution in [0.5, 0.6) is 0 Å². The van der Waals surface area contributed by atoms with Gasteiger partial charge in [-0.1, -0.05) is 0 Å². The quantitative estimate of drug-likeness (QED) is 0.869. The molecular weight excluding hydrogens is 224 g/mol. The molecule has 0 spiro atoms. The summed E-state index contributed by atoms with van der Waals surface area (Å²) in [4.78, 5) is 4.37. The number of aryl methyl sites for hydroxylation is 1. The van der Waals surface area contributed by atoms with E-state index >= 15 is 0 Å². The van der Waals surface area contributed by atoms with Crippen molar-refractivity contribution in [2.24, 2.45) is 36.6 Å². The predicted octanol–water partition coefficient (Wildman–Crippen LogP) is 1.24. The fourth-order valence-electron chi connectivity index (χ4n) is 5.06. The third kappa shape index (κ3) is 1.41. The van der Waals surface area contributed by atoms with Gasteiger partial charge in [0.15, 0.2) is 0 Å². The van der Waals surface area contributed by atoms with E-state index in [1.807, 2.05) is 11.7 Å². The molecule has 1 aromatic heterocycles. The molecule has 98 valence electrons. The lowest BCUT2D eigenvalue weighted by atomic mass is 9.95. The minimum atomic E-state index is 0.603. The van der Waals surface area contributed by atoms with Crippen LogP contribution in [-0.2, 0) is 13.5 Å². The summed E-state index contributed by atoms with van der Waals surface area (Å²) in [5, 5.41) is 7.72. The maximum Gasteiger partial charge on any atom is 0.138 e. The van der Waals surface area contributed by atoms with E-state index in [0.29, 0.717) is 6.04 Å². The molecule has 0 radical (unpaired) electrons. The molecule has 3 fully saturated rings. The number of hydrogen-bond acceptors (Lipinski definition) is 3. The zero-order valence-corrected chi connectivity index (χ0v) is 11.2. The zero-order chi connectivity index (χ0) is 12.3. The summed E-state index contributed by atoms with van der Waals surface area (Å²) in [5.41, 5.74) is 0. The van der Waals surface area contributed by atoms with Crippen LogP contribution in [0.4, 0.5) is 0 Å². The minimum absolute atomic E-state index is 0.603. The van der Waals surface area contributed by atoms with Gasteiger partial charge in [0, 0.05) is 19.5 Å². The van der Waals surface area contributed by atoms with Crippen LogP contribution in [0.15, 0.2) is 6.33 Å². The van der Waals surface area contributed by atoms with Crippen LogP contribution in [0.25, 0.3) is 0 Å². The van der Waals surface area contributed by atoms with E-state index in [1.165, 1.54) is 19.3 Å². The molecule has 1 aromatic rings. The van der Waals surface area contributed by atoms with Crippen LogP contribution in [0.2, 0.25) is 0 Å². The van der Waals surface area contributed by atoms with Gasteiger partial charge in [0.2, 0.25) is 0 Å². The molecular formula is C14H22N4. The van der Waals surface area contributed by atoms with Crippen LogP contribution in [0, 0.1) is 29.6 Å². The molecule has 18 heavy (non-hydrogen) atoms. The molecule has 0 amide bonds. The lowest BCUT2D eigenvalue weighted by Gasteiger charge is -2.19. The summed E-state index contributed by atoms with van der Waals surface area (Å²) in [6, 6.07) is 0.603. The standard InChI is InChI=1S/C14H22N4/c1-15-10(6-11-16-7-17-18(11)2)14-12-8-3-4-9(5-8)13(12)14/h7-10,12-15H,3-6H2,1-2H3. The number of likely N-dealkylation sites (N-methyl/N-ethyl adjacent to an activating group) is 1. The molecule has 4 rings (SSSR count). The van der Waals surface area contributed by atoms with E-state index in [4.69, 9.17) is 0 Å². The first kappa shape index (κ1) is 11.0. The van der Waals surface area contributed by atoms with Crippen molar-refractivity contribution in [3.8, 4) is 0 Å². The smallest absolute Gasteiger partial charge is 0.138 e. The number of nitrogens with one attached hydrogen (secondary N) is 1. The Bertz CT molecular complexity index is 438. The summed E-state index contributed by atoms with van der Waals surface area (Å²) >= 11 is 0. The van der Waals surface area contributed by atoms with Gasteiger partial charge in [-0.05, 0) is 55.9 Å². The molecule has 0 saturated heterocycles. The Morgan fingerprint density at radius 3 is 2.67 bits per heavy atom. The van der Waals surface area contributed by atoms with Gasteiger partial charge in [-0.3, -0.25) is 4.68 Å². The Labute approximate surface area is 108 Å². The number of nitrogens with zero attached hydrogens (tertiary/aromatic N) is 3. The van der Waals surface area contributed by atoms with Gasteiger partial charge < -0.3 is 5.32 Å². The molecule has 4 nitrogen and oxygen atoms in total. The van der Waals surface area contributed by atoms with Gasteiger partial charge in [-0.15, -0.1) is 0 Å². The number of fused-ring (bicyclic) bond motifs is 5. The summed E-state index contributed by atoms with van der Waals surface area (Å²) < 4.78 is 1.91. The van der Waals surface area contributed by atoms with Crippen molar-refractivity contribution < 1.29 is 0 Å². The highest BCUT2D eigenvalue weighted by atomic mass is 15.3. The maximum atomic E-state index is 4.37. The third-order valence-corrected chi connectivity index (χ3v) is 5.84. The molecule has 4 heteroatoms. The first-order chi connectivity index (χ1) is 8.79. The van der Waals surface area contributed by atoms with Crippen LogP contribution < -0.4 is 5.32 Å². The Hall–Kier alpha value is -0.900. The monoisotopic (exact) mass is 246 g/mol. The fourth-order valence-corrected chi connectivity index (χ4v) is 5.06. The number of aromatic nitrogens is 3. The van der Waals surface area contributed by atoms with Gasteiger partial charge in [0.05, 0.1) is 0 Å². The summed E-state index contributed by atoms with van der Waals surface area (Å²) in [6.45, 7) is 0.